The minimum absolute atomic E-state index is 0.105. The number of oxazole rings is 1. The van der Waals surface area contributed by atoms with Crippen molar-refractivity contribution in [3.05, 3.63) is 60.1 Å². The van der Waals surface area contributed by atoms with E-state index in [9.17, 15) is 9.90 Å². The molecule has 5 rings (SSSR count). The standard InChI is InChI=1S/C23H23N7O4/c1-13-12-25-20(33-13)14(2)26-22-24-9-7-17(28-22)15-5-4-6-16(27-15)18-11-19(34-29-18)23(32)8-10-30(3)21(23)31/h4-7,9,11-12,14,32H,8,10H2,1-3H3,(H,24,26,28). The molecule has 0 aliphatic carbocycles. The maximum absolute atomic E-state index is 12.4. The van der Waals surface area contributed by atoms with Crippen molar-refractivity contribution in [1.82, 2.24) is 30.0 Å². The van der Waals surface area contributed by atoms with Gasteiger partial charge in [-0.15, -0.1) is 0 Å². The molecule has 1 amide bonds. The summed E-state index contributed by atoms with van der Waals surface area (Å²) in [5.41, 5.74) is 0.426. The van der Waals surface area contributed by atoms with Crippen molar-refractivity contribution in [2.75, 3.05) is 18.9 Å². The molecule has 11 nitrogen and oxygen atoms in total. The maximum Gasteiger partial charge on any atom is 0.262 e. The summed E-state index contributed by atoms with van der Waals surface area (Å²) in [6.45, 7) is 4.18. The number of aryl methyl sites for hydroxylation is 1. The smallest absolute Gasteiger partial charge is 0.262 e. The number of pyridine rings is 1. The Kier molecular flexibility index (Phi) is 5.33. The third-order valence-electron chi connectivity index (χ3n) is 5.71. The second-order valence-electron chi connectivity index (χ2n) is 8.26. The van der Waals surface area contributed by atoms with Crippen molar-refractivity contribution in [3.8, 4) is 22.8 Å². The van der Waals surface area contributed by atoms with E-state index >= 15 is 0 Å². The van der Waals surface area contributed by atoms with Crippen LogP contribution in [0.4, 0.5) is 5.95 Å². The highest BCUT2D eigenvalue weighted by atomic mass is 16.5. The summed E-state index contributed by atoms with van der Waals surface area (Å²) in [4.78, 5) is 31.5. The lowest BCUT2D eigenvalue weighted by Gasteiger charge is -2.16. The molecule has 0 saturated carbocycles. The minimum Gasteiger partial charge on any atom is -0.444 e. The van der Waals surface area contributed by atoms with E-state index in [0.29, 0.717) is 41.2 Å². The van der Waals surface area contributed by atoms with Crippen molar-refractivity contribution < 1.29 is 18.8 Å². The first-order valence-electron chi connectivity index (χ1n) is 10.8. The van der Waals surface area contributed by atoms with Gasteiger partial charge in [0, 0.05) is 32.3 Å². The largest absolute Gasteiger partial charge is 0.444 e. The van der Waals surface area contributed by atoms with Crippen LogP contribution in [0.3, 0.4) is 0 Å². The molecule has 11 heteroatoms. The molecular weight excluding hydrogens is 438 g/mol. The Morgan fingerprint density at radius 3 is 2.62 bits per heavy atom. The topological polar surface area (TPSA) is 143 Å². The van der Waals surface area contributed by atoms with Gasteiger partial charge in [-0.2, -0.15) is 0 Å². The Morgan fingerprint density at radius 2 is 1.91 bits per heavy atom. The molecule has 2 atom stereocenters. The van der Waals surface area contributed by atoms with Crippen LogP contribution < -0.4 is 5.32 Å². The highest BCUT2D eigenvalue weighted by Crippen LogP contribution is 2.34. The molecular formula is C23H23N7O4. The van der Waals surface area contributed by atoms with Crippen LogP contribution in [0.1, 0.15) is 36.8 Å². The third kappa shape index (κ3) is 3.90. The van der Waals surface area contributed by atoms with Gasteiger partial charge in [0.25, 0.3) is 5.91 Å². The van der Waals surface area contributed by atoms with E-state index in [0.717, 1.165) is 5.76 Å². The minimum atomic E-state index is -1.71. The van der Waals surface area contributed by atoms with Gasteiger partial charge in [0.05, 0.1) is 23.3 Å². The molecule has 4 aromatic heterocycles. The molecule has 174 valence electrons. The number of carbonyl (C=O) groups is 1. The Morgan fingerprint density at radius 1 is 1.15 bits per heavy atom. The van der Waals surface area contributed by atoms with E-state index < -0.39 is 11.5 Å². The number of carbonyl (C=O) groups excluding carboxylic acids is 1. The Bertz CT molecular complexity index is 1350. The highest BCUT2D eigenvalue weighted by molar-refractivity contribution is 5.87. The molecule has 1 saturated heterocycles. The van der Waals surface area contributed by atoms with Crippen molar-refractivity contribution in [2.45, 2.75) is 31.9 Å². The van der Waals surface area contributed by atoms with Crippen molar-refractivity contribution in [3.63, 3.8) is 0 Å². The molecule has 5 heterocycles. The van der Waals surface area contributed by atoms with Gasteiger partial charge >= 0.3 is 0 Å². The molecule has 1 aliphatic heterocycles. The number of likely N-dealkylation sites (N-methyl/N-ethyl adjacent to an activating group) is 1. The van der Waals surface area contributed by atoms with Gasteiger partial charge in [-0.05, 0) is 32.0 Å². The Balaban J connectivity index is 1.38. The summed E-state index contributed by atoms with van der Waals surface area (Å²) in [5, 5.41) is 18.0. The van der Waals surface area contributed by atoms with Crippen LogP contribution in [0.2, 0.25) is 0 Å². The SMILES string of the molecule is Cc1cnc(C(C)Nc2nccc(-c3cccc(-c4cc(C5(O)CCN(C)C5=O)on4)n3)n2)o1. The third-order valence-corrected chi connectivity index (χ3v) is 5.71. The van der Waals surface area contributed by atoms with Crippen molar-refractivity contribution in [2.24, 2.45) is 0 Å². The number of nitrogens with one attached hydrogen (secondary N) is 1. The number of hydrogen-bond donors (Lipinski definition) is 2. The van der Waals surface area contributed by atoms with E-state index in [4.69, 9.17) is 8.94 Å². The molecule has 1 aliphatic rings. The molecule has 0 aromatic carbocycles. The van der Waals surface area contributed by atoms with E-state index in [-0.39, 0.29) is 18.2 Å². The number of aliphatic hydroxyl groups is 1. The highest BCUT2D eigenvalue weighted by Gasteiger charge is 2.48. The Labute approximate surface area is 194 Å². The fourth-order valence-corrected chi connectivity index (χ4v) is 3.79. The van der Waals surface area contributed by atoms with E-state index in [1.54, 1.807) is 37.6 Å². The van der Waals surface area contributed by atoms with Crippen LogP contribution in [0.15, 0.2) is 51.7 Å². The zero-order valence-corrected chi connectivity index (χ0v) is 18.9. The zero-order valence-electron chi connectivity index (χ0n) is 18.9. The monoisotopic (exact) mass is 461 g/mol. The van der Waals surface area contributed by atoms with E-state index in [2.05, 4.69) is 30.4 Å². The second kappa shape index (κ2) is 8.34. The first-order chi connectivity index (χ1) is 16.3. The van der Waals surface area contributed by atoms with Crippen LogP contribution in [-0.2, 0) is 10.4 Å². The van der Waals surface area contributed by atoms with Crippen LogP contribution in [0.5, 0.6) is 0 Å². The summed E-state index contributed by atoms with van der Waals surface area (Å²) in [7, 11) is 1.64. The average Bonchev–Trinajstić information content (AvgIpc) is 3.57. The second-order valence-corrected chi connectivity index (χ2v) is 8.26. The molecule has 2 unspecified atom stereocenters. The molecule has 0 radical (unpaired) electrons. The summed E-state index contributed by atoms with van der Waals surface area (Å²) in [5.74, 6) is 1.37. The number of likely N-dealkylation sites (tertiary alicyclic amines) is 1. The number of hydrogen-bond acceptors (Lipinski definition) is 10. The molecule has 2 N–H and O–H groups in total. The molecule has 4 aromatic rings. The van der Waals surface area contributed by atoms with Gasteiger partial charge in [0.15, 0.2) is 5.76 Å². The first-order valence-corrected chi connectivity index (χ1v) is 10.8. The molecule has 34 heavy (non-hydrogen) atoms. The molecule has 0 spiro atoms. The van der Waals surface area contributed by atoms with Crippen LogP contribution in [-0.4, -0.2) is 54.6 Å². The Hall–Kier alpha value is -4.12. The lowest BCUT2D eigenvalue weighted by atomic mass is 9.98. The van der Waals surface area contributed by atoms with Gasteiger partial charge in [-0.3, -0.25) is 4.79 Å². The van der Waals surface area contributed by atoms with Gasteiger partial charge < -0.3 is 24.3 Å². The summed E-state index contributed by atoms with van der Waals surface area (Å²) in [6, 6.07) is 8.49. The maximum atomic E-state index is 12.4. The number of rotatable bonds is 6. The predicted octanol–water partition coefficient (Wildman–Crippen LogP) is 2.71. The van der Waals surface area contributed by atoms with Crippen LogP contribution in [0, 0.1) is 6.92 Å². The predicted molar refractivity (Wildman–Crippen MR) is 120 cm³/mol. The number of anilines is 1. The summed E-state index contributed by atoms with van der Waals surface area (Å²) in [6.07, 6.45) is 3.54. The van der Waals surface area contributed by atoms with Crippen LogP contribution in [0.25, 0.3) is 22.8 Å². The number of aromatic nitrogens is 5. The quantitative estimate of drug-likeness (QED) is 0.440. The lowest BCUT2D eigenvalue weighted by Crippen LogP contribution is -2.35. The molecule has 1 fully saturated rings. The summed E-state index contributed by atoms with van der Waals surface area (Å²) >= 11 is 0. The average molecular weight is 461 g/mol. The van der Waals surface area contributed by atoms with E-state index in [1.165, 1.54) is 4.90 Å². The first kappa shape index (κ1) is 21.7. The normalized spacial score (nSPS) is 18.9. The summed E-state index contributed by atoms with van der Waals surface area (Å²) < 4.78 is 10.9. The van der Waals surface area contributed by atoms with Crippen molar-refractivity contribution in [1.29, 1.82) is 0 Å². The lowest BCUT2D eigenvalue weighted by molar-refractivity contribution is -0.144. The van der Waals surface area contributed by atoms with Gasteiger partial charge in [0.1, 0.15) is 17.5 Å². The van der Waals surface area contributed by atoms with Gasteiger partial charge in [0.2, 0.25) is 17.4 Å². The molecule has 0 bridgehead atoms. The number of nitrogens with zero attached hydrogens (tertiary/aromatic N) is 6. The number of amides is 1. The van der Waals surface area contributed by atoms with Crippen LogP contribution >= 0.6 is 0 Å². The van der Waals surface area contributed by atoms with Gasteiger partial charge in [-0.25, -0.2) is 19.9 Å². The van der Waals surface area contributed by atoms with E-state index in [1.807, 2.05) is 26.0 Å². The fourth-order valence-electron chi connectivity index (χ4n) is 3.79. The van der Waals surface area contributed by atoms with Crippen molar-refractivity contribution >= 4 is 11.9 Å². The fraction of sp³-hybridized carbons (Fsp3) is 0.304. The van der Waals surface area contributed by atoms with Gasteiger partial charge in [-0.1, -0.05) is 11.2 Å². The zero-order chi connectivity index (χ0) is 23.9.